The van der Waals surface area contributed by atoms with Gasteiger partial charge in [0.05, 0.1) is 0 Å². The summed E-state index contributed by atoms with van der Waals surface area (Å²) in [5.74, 6) is 0.761. The molecule has 3 nitrogen and oxygen atoms in total. The first-order valence-electron chi connectivity index (χ1n) is 6.43. The Bertz CT molecular complexity index is 250. The van der Waals surface area contributed by atoms with Crippen LogP contribution in [0.3, 0.4) is 0 Å². The van der Waals surface area contributed by atoms with Gasteiger partial charge in [-0.1, -0.05) is 13.8 Å². The van der Waals surface area contributed by atoms with Crippen molar-refractivity contribution in [3.63, 3.8) is 0 Å². The molecule has 0 radical (unpaired) electrons. The van der Waals surface area contributed by atoms with Crippen LogP contribution in [0.4, 0.5) is 0 Å². The zero-order valence-electron chi connectivity index (χ0n) is 11.0. The fourth-order valence-electron chi connectivity index (χ4n) is 2.23. The third kappa shape index (κ3) is 3.48. The molecule has 1 aliphatic rings. The lowest BCUT2D eigenvalue weighted by molar-refractivity contribution is -0.129. The molecule has 16 heavy (non-hydrogen) atoms. The second-order valence-corrected chi connectivity index (χ2v) is 5.88. The maximum absolute atomic E-state index is 12.2. The monoisotopic (exact) mass is 226 g/mol. The molecule has 1 fully saturated rings. The highest BCUT2D eigenvalue weighted by Gasteiger charge is 2.33. The SMILES string of the molecule is CCC(C)(C)NC(=O)C1CC(N)CCC1C. The van der Waals surface area contributed by atoms with Gasteiger partial charge in [-0.2, -0.15) is 0 Å². The van der Waals surface area contributed by atoms with Gasteiger partial charge in [0.25, 0.3) is 0 Å². The minimum atomic E-state index is -0.0989. The molecule has 0 aliphatic heterocycles. The Kier molecular flexibility index (Phi) is 4.36. The Hall–Kier alpha value is -0.570. The van der Waals surface area contributed by atoms with E-state index < -0.39 is 0 Å². The van der Waals surface area contributed by atoms with Crippen LogP contribution in [-0.4, -0.2) is 17.5 Å². The third-order valence-electron chi connectivity index (χ3n) is 3.92. The quantitative estimate of drug-likeness (QED) is 0.774. The number of nitrogens with one attached hydrogen (secondary N) is 1. The smallest absolute Gasteiger partial charge is 0.223 e. The van der Waals surface area contributed by atoms with E-state index in [4.69, 9.17) is 5.73 Å². The standard InChI is InChI=1S/C13H26N2O/c1-5-13(3,4)15-12(16)11-8-10(14)7-6-9(11)2/h9-11H,5-8,14H2,1-4H3,(H,15,16). The predicted molar refractivity (Wildman–Crippen MR) is 67.0 cm³/mol. The van der Waals surface area contributed by atoms with Gasteiger partial charge in [-0.3, -0.25) is 4.79 Å². The maximum Gasteiger partial charge on any atom is 0.223 e. The predicted octanol–water partition coefficient (Wildman–Crippen LogP) is 2.05. The molecule has 1 saturated carbocycles. The molecule has 0 bridgehead atoms. The van der Waals surface area contributed by atoms with Crippen molar-refractivity contribution in [3.05, 3.63) is 0 Å². The number of hydrogen-bond donors (Lipinski definition) is 2. The molecule has 1 aliphatic carbocycles. The van der Waals surface area contributed by atoms with E-state index in [0.29, 0.717) is 5.92 Å². The van der Waals surface area contributed by atoms with Crippen LogP contribution in [0, 0.1) is 11.8 Å². The second kappa shape index (κ2) is 5.17. The minimum Gasteiger partial charge on any atom is -0.351 e. The van der Waals surface area contributed by atoms with Crippen molar-refractivity contribution >= 4 is 5.91 Å². The number of rotatable bonds is 3. The number of hydrogen-bond acceptors (Lipinski definition) is 2. The second-order valence-electron chi connectivity index (χ2n) is 5.88. The molecule has 1 rings (SSSR count). The Balaban J connectivity index is 2.58. The first-order chi connectivity index (χ1) is 7.35. The van der Waals surface area contributed by atoms with Crippen molar-refractivity contribution < 1.29 is 4.79 Å². The minimum absolute atomic E-state index is 0.0989. The summed E-state index contributed by atoms with van der Waals surface area (Å²) in [6.45, 7) is 8.39. The van der Waals surface area contributed by atoms with Crippen LogP contribution in [0.5, 0.6) is 0 Å². The van der Waals surface area contributed by atoms with Crippen molar-refractivity contribution in [2.24, 2.45) is 17.6 Å². The topological polar surface area (TPSA) is 55.1 Å². The summed E-state index contributed by atoms with van der Waals surface area (Å²) in [5, 5.41) is 3.13. The fraction of sp³-hybridized carbons (Fsp3) is 0.923. The Labute approximate surface area is 99.2 Å². The molecule has 0 aromatic heterocycles. The Morgan fingerprint density at radius 1 is 1.44 bits per heavy atom. The molecular weight excluding hydrogens is 200 g/mol. The molecular formula is C13H26N2O. The van der Waals surface area contributed by atoms with E-state index >= 15 is 0 Å². The van der Waals surface area contributed by atoms with Crippen LogP contribution in [0.15, 0.2) is 0 Å². The highest BCUT2D eigenvalue weighted by molar-refractivity contribution is 5.79. The third-order valence-corrected chi connectivity index (χ3v) is 3.92. The molecule has 0 spiro atoms. The summed E-state index contributed by atoms with van der Waals surface area (Å²) in [7, 11) is 0. The van der Waals surface area contributed by atoms with Crippen molar-refractivity contribution in [2.45, 2.75) is 65.0 Å². The molecule has 3 N–H and O–H groups in total. The fourth-order valence-corrected chi connectivity index (χ4v) is 2.23. The van der Waals surface area contributed by atoms with Gasteiger partial charge in [0.2, 0.25) is 5.91 Å². The normalized spacial score (nSPS) is 31.2. The lowest BCUT2D eigenvalue weighted by Gasteiger charge is -2.34. The van der Waals surface area contributed by atoms with Gasteiger partial charge >= 0.3 is 0 Å². The highest BCUT2D eigenvalue weighted by Crippen LogP contribution is 2.29. The van der Waals surface area contributed by atoms with Gasteiger partial charge < -0.3 is 11.1 Å². The van der Waals surface area contributed by atoms with Gasteiger partial charge in [-0.15, -0.1) is 0 Å². The van der Waals surface area contributed by atoms with Crippen LogP contribution in [0.1, 0.15) is 53.4 Å². The summed E-state index contributed by atoms with van der Waals surface area (Å²) in [5.41, 5.74) is 5.84. The number of carbonyl (C=O) groups excluding carboxylic acids is 1. The average Bonchev–Trinajstić information content (AvgIpc) is 2.21. The van der Waals surface area contributed by atoms with Gasteiger partial charge in [-0.25, -0.2) is 0 Å². The summed E-state index contributed by atoms with van der Waals surface area (Å²) < 4.78 is 0. The van der Waals surface area contributed by atoms with Crippen LogP contribution >= 0.6 is 0 Å². The van der Waals surface area contributed by atoms with Crippen LogP contribution in [-0.2, 0) is 4.79 Å². The zero-order valence-corrected chi connectivity index (χ0v) is 11.0. The number of nitrogens with two attached hydrogens (primary N) is 1. The molecule has 0 aromatic rings. The number of carbonyl (C=O) groups is 1. The van der Waals surface area contributed by atoms with E-state index in [1.54, 1.807) is 0 Å². The van der Waals surface area contributed by atoms with Crippen LogP contribution in [0.2, 0.25) is 0 Å². The van der Waals surface area contributed by atoms with Crippen LogP contribution in [0.25, 0.3) is 0 Å². The van der Waals surface area contributed by atoms with E-state index in [0.717, 1.165) is 25.7 Å². The lowest BCUT2D eigenvalue weighted by atomic mass is 9.77. The molecule has 94 valence electrons. The summed E-state index contributed by atoms with van der Waals surface area (Å²) >= 11 is 0. The molecule has 0 heterocycles. The lowest BCUT2D eigenvalue weighted by Crippen LogP contribution is -2.49. The molecule has 0 aromatic carbocycles. The molecule has 0 saturated heterocycles. The van der Waals surface area contributed by atoms with Crippen molar-refractivity contribution in [1.29, 1.82) is 0 Å². The van der Waals surface area contributed by atoms with Gasteiger partial charge in [0.15, 0.2) is 0 Å². The largest absolute Gasteiger partial charge is 0.351 e. The van der Waals surface area contributed by atoms with Gasteiger partial charge in [-0.05, 0) is 45.4 Å². The van der Waals surface area contributed by atoms with Crippen molar-refractivity contribution in [2.75, 3.05) is 0 Å². The summed E-state index contributed by atoms with van der Waals surface area (Å²) in [6.07, 6.45) is 3.92. The average molecular weight is 226 g/mol. The van der Waals surface area contributed by atoms with E-state index in [1.807, 2.05) is 0 Å². The van der Waals surface area contributed by atoms with Crippen molar-refractivity contribution in [1.82, 2.24) is 5.32 Å². The molecule has 3 heteroatoms. The zero-order chi connectivity index (χ0) is 12.3. The van der Waals surface area contributed by atoms with E-state index in [9.17, 15) is 4.79 Å². The van der Waals surface area contributed by atoms with E-state index in [-0.39, 0.29) is 23.4 Å². The van der Waals surface area contributed by atoms with Crippen LogP contribution < -0.4 is 11.1 Å². The first kappa shape index (κ1) is 13.5. The molecule has 3 atom stereocenters. The van der Waals surface area contributed by atoms with Gasteiger partial charge in [0, 0.05) is 17.5 Å². The molecule has 1 amide bonds. The summed E-state index contributed by atoms with van der Waals surface area (Å²) in [6, 6.07) is 0.205. The van der Waals surface area contributed by atoms with E-state index in [1.165, 1.54) is 0 Å². The van der Waals surface area contributed by atoms with E-state index in [2.05, 4.69) is 33.0 Å². The highest BCUT2D eigenvalue weighted by atomic mass is 16.2. The summed E-state index contributed by atoms with van der Waals surface area (Å²) in [4.78, 5) is 12.2. The molecule has 3 unspecified atom stereocenters. The van der Waals surface area contributed by atoms with Crippen molar-refractivity contribution in [3.8, 4) is 0 Å². The number of amides is 1. The Morgan fingerprint density at radius 3 is 2.62 bits per heavy atom. The first-order valence-corrected chi connectivity index (χ1v) is 6.43. The Morgan fingerprint density at radius 2 is 2.06 bits per heavy atom. The van der Waals surface area contributed by atoms with Gasteiger partial charge in [0.1, 0.15) is 0 Å². The maximum atomic E-state index is 12.2.